The van der Waals surface area contributed by atoms with Crippen molar-refractivity contribution < 1.29 is 14.3 Å². The van der Waals surface area contributed by atoms with Crippen LogP contribution < -0.4 is 0 Å². The van der Waals surface area contributed by atoms with Gasteiger partial charge in [0.25, 0.3) is 0 Å². The average molecular weight is 180 g/mol. The summed E-state index contributed by atoms with van der Waals surface area (Å²) in [6, 6.07) is 0. The summed E-state index contributed by atoms with van der Waals surface area (Å²) in [5, 5.41) is 8.20. The van der Waals surface area contributed by atoms with Crippen LogP contribution in [0.15, 0.2) is 0 Å². The van der Waals surface area contributed by atoms with Crippen LogP contribution in [0.4, 0.5) is 4.39 Å². The van der Waals surface area contributed by atoms with Gasteiger partial charge in [0.1, 0.15) is 5.25 Å². The van der Waals surface area contributed by atoms with Crippen molar-refractivity contribution in [2.45, 2.75) is 25.0 Å². The molecule has 0 saturated carbocycles. The fourth-order valence-electron chi connectivity index (χ4n) is 0.644. The van der Waals surface area contributed by atoms with Crippen molar-refractivity contribution in [2.75, 3.05) is 12.4 Å². The second-order valence-electron chi connectivity index (χ2n) is 2.15. The molecule has 4 heteroatoms. The van der Waals surface area contributed by atoms with Crippen LogP contribution in [0.2, 0.25) is 0 Å². The van der Waals surface area contributed by atoms with E-state index in [-0.39, 0.29) is 11.9 Å². The van der Waals surface area contributed by atoms with E-state index in [9.17, 15) is 9.18 Å². The molecule has 0 aromatic rings. The van der Waals surface area contributed by atoms with Gasteiger partial charge in [-0.25, -0.2) is 0 Å². The molecule has 0 heterocycles. The molecule has 0 saturated heterocycles. The Kier molecular flexibility index (Phi) is 6.31. The Labute approximate surface area is 70.2 Å². The first-order valence-electron chi connectivity index (χ1n) is 3.62. The average Bonchev–Trinajstić information content (AvgIpc) is 1.97. The Morgan fingerprint density at radius 3 is 2.73 bits per heavy atom. The molecule has 2 nitrogen and oxygen atoms in total. The molecule has 1 N–H and O–H groups in total. The normalized spacial score (nSPS) is 12.9. The second-order valence-corrected chi connectivity index (χ2v) is 3.46. The van der Waals surface area contributed by atoms with E-state index in [1.54, 1.807) is 0 Å². The molecule has 0 fully saturated rings. The third kappa shape index (κ3) is 5.07. The molecule has 0 aliphatic rings. The minimum absolute atomic E-state index is 0.358. The van der Waals surface area contributed by atoms with Crippen LogP contribution in [0, 0.1) is 0 Å². The van der Waals surface area contributed by atoms with Gasteiger partial charge in [-0.05, 0) is 18.6 Å². The summed E-state index contributed by atoms with van der Waals surface area (Å²) >= 11 is 1.31. The summed E-state index contributed by atoms with van der Waals surface area (Å²) in [4.78, 5) is 10.4. The van der Waals surface area contributed by atoms with Crippen LogP contribution in [-0.4, -0.2) is 28.8 Å². The Hall–Kier alpha value is -0.250. The number of carboxylic acid groups (broad SMARTS) is 1. The maximum atomic E-state index is 11.6. The molecule has 0 radical (unpaired) electrons. The maximum Gasteiger partial charge on any atom is 0.316 e. The molecule has 66 valence electrons. The highest BCUT2D eigenvalue weighted by atomic mass is 32.2. The first-order chi connectivity index (χ1) is 5.22. The molecule has 0 spiro atoms. The summed E-state index contributed by atoms with van der Waals surface area (Å²) < 4.78 is 11.6. The highest BCUT2D eigenvalue weighted by Crippen LogP contribution is 2.15. The first-order valence-corrected chi connectivity index (χ1v) is 4.67. The van der Waals surface area contributed by atoms with E-state index >= 15 is 0 Å². The van der Waals surface area contributed by atoms with E-state index in [2.05, 4.69) is 0 Å². The monoisotopic (exact) mass is 180 g/mol. The van der Waals surface area contributed by atoms with E-state index in [1.807, 2.05) is 6.92 Å². The predicted molar refractivity (Wildman–Crippen MR) is 44.8 cm³/mol. The third-order valence-electron chi connectivity index (χ3n) is 1.24. The van der Waals surface area contributed by atoms with Crippen LogP contribution >= 0.6 is 11.8 Å². The number of thioether (sulfide) groups is 1. The van der Waals surface area contributed by atoms with Gasteiger partial charge in [0, 0.05) is 0 Å². The van der Waals surface area contributed by atoms with Crippen molar-refractivity contribution in [1.29, 1.82) is 0 Å². The molecule has 0 aromatic carbocycles. The van der Waals surface area contributed by atoms with Gasteiger partial charge in [-0.15, -0.1) is 11.8 Å². The van der Waals surface area contributed by atoms with Crippen LogP contribution in [0.3, 0.4) is 0 Å². The minimum atomic E-state index is -0.795. The Morgan fingerprint density at radius 1 is 1.73 bits per heavy atom. The molecular weight excluding hydrogens is 167 g/mol. The lowest BCUT2D eigenvalue weighted by Crippen LogP contribution is -2.15. The second kappa shape index (κ2) is 6.46. The van der Waals surface area contributed by atoms with Crippen LogP contribution in [0.5, 0.6) is 0 Å². The number of halogens is 1. The molecule has 1 unspecified atom stereocenters. The number of hydrogen-bond donors (Lipinski definition) is 1. The van der Waals surface area contributed by atoms with E-state index in [0.29, 0.717) is 18.6 Å². The third-order valence-corrected chi connectivity index (χ3v) is 2.70. The molecule has 0 aliphatic carbocycles. The first kappa shape index (κ1) is 10.8. The van der Waals surface area contributed by atoms with Crippen LogP contribution in [0.25, 0.3) is 0 Å². The number of rotatable bonds is 6. The van der Waals surface area contributed by atoms with Crippen molar-refractivity contribution in [2.24, 2.45) is 0 Å². The molecule has 1 atom stereocenters. The largest absolute Gasteiger partial charge is 0.480 e. The number of carbonyl (C=O) groups is 1. The van der Waals surface area contributed by atoms with E-state index in [0.717, 1.165) is 0 Å². The fraction of sp³-hybridized carbons (Fsp3) is 0.857. The van der Waals surface area contributed by atoms with Gasteiger partial charge in [0.2, 0.25) is 0 Å². The number of hydrogen-bond acceptors (Lipinski definition) is 2. The number of carboxylic acids is 1. The highest BCUT2D eigenvalue weighted by molar-refractivity contribution is 8.00. The lowest BCUT2D eigenvalue weighted by atomic mass is 10.3. The van der Waals surface area contributed by atoms with Crippen molar-refractivity contribution >= 4 is 17.7 Å². The van der Waals surface area contributed by atoms with Gasteiger partial charge in [0.15, 0.2) is 0 Å². The van der Waals surface area contributed by atoms with Gasteiger partial charge in [-0.3, -0.25) is 9.18 Å². The quantitative estimate of drug-likeness (QED) is 0.635. The summed E-state index contributed by atoms with van der Waals surface area (Å²) in [6.45, 7) is 1.46. The van der Waals surface area contributed by atoms with Gasteiger partial charge in [-0.2, -0.15) is 0 Å². The summed E-state index contributed by atoms with van der Waals surface area (Å²) in [7, 11) is 0. The number of aliphatic carboxylic acids is 1. The van der Waals surface area contributed by atoms with Crippen molar-refractivity contribution in [3.8, 4) is 0 Å². The maximum absolute atomic E-state index is 11.6. The summed E-state index contributed by atoms with van der Waals surface area (Å²) in [6.07, 6.45) is 1.06. The van der Waals surface area contributed by atoms with Gasteiger partial charge < -0.3 is 5.11 Å². The van der Waals surface area contributed by atoms with Crippen molar-refractivity contribution in [1.82, 2.24) is 0 Å². The Balaban J connectivity index is 3.44. The van der Waals surface area contributed by atoms with Gasteiger partial charge in [-0.1, -0.05) is 6.92 Å². The van der Waals surface area contributed by atoms with E-state index in [4.69, 9.17) is 5.11 Å². The lowest BCUT2D eigenvalue weighted by molar-refractivity contribution is -0.136. The Bertz CT molecular complexity index is 119. The van der Waals surface area contributed by atoms with Crippen LogP contribution in [-0.2, 0) is 4.79 Å². The molecule has 0 bridgehead atoms. The van der Waals surface area contributed by atoms with E-state index < -0.39 is 5.97 Å². The zero-order chi connectivity index (χ0) is 8.69. The molecule has 0 aromatic heterocycles. The summed E-state index contributed by atoms with van der Waals surface area (Å²) in [5.41, 5.74) is 0. The van der Waals surface area contributed by atoms with Gasteiger partial charge in [0.05, 0.1) is 6.67 Å². The smallest absolute Gasteiger partial charge is 0.316 e. The molecular formula is C7H13FO2S. The molecule has 11 heavy (non-hydrogen) atoms. The fourth-order valence-corrected chi connectivity index (χ4v) is 1.58. The summed E-state index contributed by atoms with van der Waals surface area (Å²) in [5.74, 6) is -0.197. The zero-order valence-corrected chi connectivity index (χ0v) is 7.36. The SMILES string of the molecule is CCC(SCCCF)C(=O)O. The number of alkyl halides is 1. The lowest BCUT2D eigenvalue weighted by Gasteiger charge is -2.07. The Morgan fingerprint density at radius 2 is 2.36 bits per heavy atom. The van der Waals surface area contributed by atoms with E-state index in [1.165, 1.54) is 11.8 Å². The molecule has 0 amide bonds. The molecule has 0 aliphatic heterocycles. The zero-order valence-electron chi connectivity index (χ0n) is 6.55. The standard InChI is InChI=1S/C7H13FO2S/c1-2-6(7(9)10)11-5-3-4-8/h6H,2-5H2,1H3,(H,9,10). The van der Waals surface area contributed by atoms with Crippen molar-refractivity contribution in [3.05, 3.63) is 0 Å². The van der Waals surface area contributed by atoms with Gasteiger partial charge >= 0.3 is 5.97 Å². The minimum Gasteiger partial charge on any atom is -0.480 e. The topological polar surface area (TPSA) is 37.3 Å². The van der Waals surface area contributed by atoms with Crippen molar-refractivity contribution in [3.63, 3.8) is 0 Å². The molecule has 0 rings (SSSR count). The predicted octanol–water partition coefficient (Wildman–Crippen LogP) is 1.94. The van der Waals surface area contributed by atoms with Crippen LogP contribution in [0.1, 0.15) is 19.8 Å². The highest BCUT2D eigenvalue weighted by Gasteiger charge is 2.14.